The van der Waals surface area contributed by atoms with Crippen LogP contribution in [0.25, 0.3) is 0 Å². The van der Waals surface area contributed by atoms with Gasteiger partial charge in [0.15, 0.2) is 0 Å². The highest BCUT2D eigenvalue weighted by atomic mass is 79.9. The first kappa shape index (κ1) is 32.4. The molecule has 43 heavy (non-hydrogen) atoms. The van der Waals surface area contributed by atoms with Crippen molar-refractivity contribution >= 4 is 59.4 Å². The first-order chi connectivity index (χ1) is 20.6. The second-order valence-corrected chi connectivity index (χ2v) is 13.7. The number of aryl methyl sites for hydroxylation is 1. The van der Waals surface area contributed by atoms with E-state index in [4.69, 9.17) is 0 Å². The van der Waals surface area contributed by atoms with Gasteiger partial charge in [0.2, 0.25) is 11.8 Å². The lowest BCUT2D eigenvalue weighted by Gasteiger charge is -2.34. The minimum atomic E-state index is -4.15. The summed E-state index contributed by atoms with van der Waals surface area (Å²) in [5.41, 5.74) is 2.90. The third-order valence-electron chi connectivity index (χ3n) is 6.85. The Morgan fingerprint density at radius 2 is 1.44 bits per heavy atom. The Balaban J connectivity index is 1.80. The topological polar surface area (TPSA) is 86.8 Å². The molecule has 0 aliphatic carbocycles. The molecule has 0 aliphatic rings. The number of nitrogens with zero attached hydrogens (tertiary/aromatic N) is 2. The zero-order valence-corrected chi connectivity index (χ0v) is 27.9. The fourth-order valence-electron chi connectivity index (χ4n) is 4.68. The van der Waals surface area contributed by atoms with Crippen molar-refractivity contribution in [2.24, 2.45) is 0 Å². The summed E-state index contributed by atoms with van der Waals surface area (Å²) in [5.74, 6) is -0.826. The summed E-state index contributed by atoms with van der Waals surface area (Å²) >= 11 is 6.93. The minimum Gasteiger partial charge on any atom is -0.355 e. The first-order valence-electron chi connectivity index (χ1n) is 13.8. The van der Waals surface area contributed by atoms with Crippen LogP contribution in [0.2, 0.25) is 0 Å². The van der Waals surface area contributed by atoms with Crippen molar-refractivity contribution in [2.75, 3.05) is 17.4 Å². The fraction of sp³-hybridized carbons (Fsp3) is 0.212. The maximum Gasteiger partial charge on any atom is 0.264 e. The molecule has 0 aromatic heterocycles. The van der Waals surface area contributed by atoms with Gasteiger partial charge in [-0.15, -0.1) is 0 Å². The van der Waals surface area contributed by atoms with Crippen LogP contribution in [0.5, 0.6) is 0 Å². The van der Waals surface area contributed by atoms with E-state index >= 15 is 0 Å². The number of amides is 2. The number of hydrogen-bond donors (Lipinski definition) is 1. The molecule has 0 bridgehead atoms. The van der Waals surface area contributed by atoms with Gasteiger partial charge in [-0.2, -0.15) is 0 Å². The van der Waals surface area contributed by atoms with Gasteiger partial charge in [0, 0.05) is 28.5 Å². The van der Waals surface area contributed by atoms with E-state index in [0.29, 0.717) is 16.7 Å². The van der Waals surface area contributed by atoms with Crippen LogP contribution < -0.4 is 9.62 Å². The molecule has 4 rings (SSSR count). The molecule has 4 aromatic rings. The number of sulfonamides is 1. The van der Waals surface area contributed by atoms with Gasteiger partial charge in [0.1, 0.15) is 12.6 Å². The summed E-state index contributed by atoms with van der Waals surface area (Å²) in [6.45, 7) is 3.67. The van der Waals surface area contributed by atoms with Crippen LogP contribution in [-0.2, 0) is 32.6 Å². The summed E-state index contributed by atoms with van der Waals surface area (Å²) in [6.07, 6.45) is 0.258. The molecule has 10 heteroatoms. The third kappa shape index (κ3) is 8.55. The smallest absolute Gasteiger partial charge is 0.264 e. The number of anilines is 1. The van der Waals surface area contributed by atoms with E-state index in [9.17, 15) is 18.0 Å². The summed E-state index contributed by atoms with van der Waals surface area (Å²) in [4.78, 5) is 29.5. The van der Waals surface area contributed by atoms with Gasteiger partial charge in [0.05, 0.1) is 10.6 Å². The maximum atomic E-state index is 14.4. The average molecular weight is 728 g/mol. The predicted molar refractivity (Wildman–Crippen MR) is 177 cm³/mol. The largest absolute Gasteiger partial charge is 0.355 e. The normalized spacial score (nSPS) is 11.9. The molecule has 0 aliphatic heterocycles. The Labute approximate surface area is 270 Å². The van der Waals surface area contributed by atoms with Crippen molar-refractivity contribution in [1.29, 1.82) is 0 Å². The number of rotatable bonds is 12. The van der Waals surface area contributed by atoms with Crippen molar-refractivity contribution < 1.29 is 18.0 Å². The van der Waals surface area contributed by atoms with Crippen LogP contribution in [0.1, 0.15) is 23.6 Å². The average Bonchev–Trinajstić information content (AvgIpc) is 2.98. The fourth-order valence-corrected chi connectivity index (χ4v) is 6.92. The number of carbonyl (C=O) groups is 2. The number of hydrogen-bond acceptors (Lipinski definition) is 4. The molecular formula is C33H33Br2N3O4S. The summed E-state index contributed by atoms with van der Waals surface area (Å²) < 4.78 is 30.7. The second kappa shape index (κ2) is 14.8. The Hall–Kier alpha value is -3.47. The van der Waals surface area contributed by atoms with Crippen molar-refractivity contribution in [3.8, 4) is 0 Å². The quantitative estimate of drug-likeness (QED) is 0.181. The lowest BCUT2D eigenvalue weighted by atomic mass is 10.0. The number of carbonyl (C=O) groups excluding carboxylic acids is 2. The second-order valence-electron chi connectivity index (χ2n) is 10.1. The molecule has 0 radical (unpaired) electrons. The van der Waals surface area contributed by atoms with E-state index < -0.39 is 28.5 Å². The molecule has 0 saturated heterocycles. The molecule has 0 saturated carbocycles. The highest BCUT2D eigenvalue weighted by Crippen LogP contribution is 2.28. The summed E-state index contributed by atoms with van der Waals surface area (Å²) in [6, 6.07) is 29.4. The Kier molecular flexibility index (Phi) is 11.2. The van der Waals surface area contributed by atoms with Gasteiger partial charge >= 0.3 is 0 Å². The van der Waals surface area contributed by atoms with E-state index in [1.54, 1.807) is 36.4 Å². The van der Waals surface area contributed by atoms with Crippen molar-refractivity contribution in [2.45, 2.75) is 37.8 Å². The standard InChI is InChI=1S/C33H33Br2N3O4S/c1-3-36-33(40)31(20-25-9-5-4-6-10-25)37(22-26-11-7-12-27(34)19-26)32(39)23-38(29-14-8-13-28(35)21-29)43(41,42)30-17-15-24(2)16-18-30/h4-19,21,31H,3,20,22-23H2,1-2H3,(H,36,40)/t31-/m1/s1. The molecule has 1 N–H and O–H groups in total. The minimum absolute atomic E-state index is 0.0639. The lowest BCUT2D eigenvalue weighted by Crippen LogP contribution is -2.53. The Morgan fingerprint density at radius 1 is 0.814 bits per heavy atom. The van der Waals surface area contributed by atoms with Gasteiger partial charge in [-0.05, 0) is 67.4 Å². The van der Waals surface area contributed by atoms with Crippen molar-refractivity contribution in [3.63, 3.8) is 0 Å². The van der Waals surface area contributed by atoms with E-state index in [1.807, 2.05) is 68.4 Å². The van der Waals surface area contributed by atoms with Crippen molar-refractivity contribution in [1.82, 2.24) is 10.2 Å². The highest BCUT2D eigenvalue weighted by molar-refractivity contribution is 9.10. The van der Waals surface area contributed by atoms with Crippen LogP contribution in [0.4, 0.5) is 5.69 Å². The highest BCUT2D eigenvalue weighted by Gasteiger charge is 2.34. The van der Waals surface area contributed by atoms with E-state index in [-0.39, 0.29) is 23.8 Å². The molecule has 4 aromatic carbocycles. The molecule has 1 atom stereocenters. The van der Waals surface area contributed by atoms with Crippen LogP contribution in [0.3, 0.4) is 0 Å². The van der Waals surface area contributed by atoms with Gasteiger partial charge in [-0.1, -0.05) is 98.1 Å². The van der Waals surface area contributed by atoms with Gasteiger partial charge in [-0.3, -0.25) is 13.9 Å². The van der Waals surface area contributed by atoms with Gasteiger partial charge < -0.3 is 10.2 Å². The van der Waals surface area contributed by atoms with Gasteiger partial charge in [-0.25, -0.2) is 8.42 Å². The maximum absolute atomic E-state index is 14.4. The van der Waals surface area contributed by atoms with Crippen LogP contribution in [0, 0.1) is 6.92 Å². The SMILES string of the molecule is CCNC(=O)[C@@H](Cc1ccccc1)N(Cc1cccc(Br)c1)C(=O)CN(c1cccc(Br)c1)S(=O)(=O)c1ccc(C)cc1. The number of likely N-dealkylation sites (N-methyl/N-ethyl adjacent to an activating group) is 1. The molecular weight excluding hydrogens is 694 g/mol. The van der Waals surface area contributed by atoms with Gasteiger partial charge in [0.25, 0.3) is 10.0 Å². The van der Waals surface area contributed by atoms with Crippen LogP contribution in [0.15, 0.2) is 117 Å². The molecule has 0 spiro atoms. The zero-order valence-electron chi connectivity index (χ0n) is 23.9. The molecule has 2 amide bonds. The Morgan fingerprint density at radius 3 is 2.07 bits per heavy atom. The molecule has 0 unspecified atom stereocenters. The van der Waals surface area contributed by atoms with Crippen LogP contribution in [-0.4, -0.2) is 44.3 Å². The van der Waals surface area contributed by atoms with E-state index in [0.717, 1.165) is 25.5 Å². The first-order valence-corrected chi connectivity index (χ1v) is 16.8. The zero-order chi connectivity index (χ0) is 31.0. The van der Waals surface area contributed by atoms with Crippen LogP contribution >= 0.6 is 31.9 Å². The molecule has 0 fully saturated rings. The number of halogens is 2. The lowest BCUT2D eigenvalue weighted by molar-refractivity contribution is -0.140. The summed E-state index contributed by atoms with van der Waals surface area (Å²) in [5, 5.41) is 2.87. The third-order valence-corrected chi connectivity index (χ3v) is 9.62. The Bertz CT molecular complexity index is 1670. The van der Waals surface area contributed by atoms with E-state index in [1.165, 1.54) is 17.0 Å². The number of nitrogens with one attached hydrogen (secondary N) is 1. The molecule has 7 nitrogen and oxygen atoms in total. The van der Waals surface area contributed by atoms with E-state index in [2.05, 4.69) is 37.2 Å². The molecule has 0 heterocycles. The summed E-state index contributed by atoms with van der Waals surface area (Å²) in [7, 11) is -4.15. The van der Waals surface area contributed by atoms with Crippen molar-refractivity contribution in [3.05, 3.63) is 129 Å². The number of benzene rings is 4. The predicted octanol–water partition coefficient (Wildman–Crippen LogP) is 6.49. The molecule has 224 valence electrons. The monoisotopic (exact) mass is 725 g/mol.